The maximum Gasteiger partial charge on any atom is 0.132 e. The summed E-state index contributed by atoms with van der Waals surface area (Å²) in [6.45, 7) is 3.83. The molecule has 72 valence electrons. The van der Waals surface area contributed by atoms with E-state index in [1.165, 1.54) is 0 Å². The molecule has 1 aliphatic carbocycles. The van der Waals surface area contributed by atoms with Gasteiger partial charge in [0.15, 0.2) is 0 Å². The number of hydrogen-bond acceptors (Lipinski definition) is 2. The molecule has 0 aromatic carbocycles. The van der Waals surface area contributed by atoms with E-state index in [4.69, 9.17) is 4.42 Å². The number of aliphatic hydroxyl groups excluding tert-OH is 1. The number of aliphatic hydroxyl groups is 1. The van der Waals surface area contributed by atoms with Gasteiger partial charge in [-0.1, -0.05) is 24.8 Å². The van der Waals surface area contributed by atoms with E-state index in [0.717, 1.165) is 12.0 Å². The molecule has 2 heteroatoms. The van der Waals surface area contributed by atoms with Crippen molar-refractivity contribution in [2.75, 3.05) is 0 Å². The Kier molecular flexibility index (Phi) is 2.37. The van der Waals surface area contributed by atoms with Crippen LogP contribution >= 0.6 is 0 Å². The molecular formula is C12H12O2. The minimum Gasteiger partial charge on any atom is -0.465 e. The molecule has 1 N–H and O–H groups in total. The Morgan fingerprint density at radius 2 is 2.43 bits per heavy atom. The molecule has 0 radical (unpaired) electrons. The molecule has 14 heavy (non-hydrogen) atoms. The lowest BCUT2D eigenvalue weighted by molar-refractivity contribution is 0.263. The lowest BCUT2D eigenvalue weighted by Crippen LogP contribution is -2.10. The molecule has 0 fully saturated rings. The summed E-state index contributed by atoms with van der Waals surface area (Å²) in [5.41, 5.74) is 1.58. The van der Waals surface area contributed by atoms with Gasteiger partial charge in [0.25, 0.3) is 0 Å². The van der Waals surface area contributed by atoms with Crippen LogP contribution in [0.5, 0.6) is 0 Å². The Bertz CT molecular complexity index is 382. The highest BCUT2D eigenvalue weighted by atomic mass is 16.3. The van der Waals surface area contributed by atoms with E-state index >= 15 is 0 Å². The Morgan fingerprint density at radius 1 is 1.57 bits per heavy atom. The second-order valence-electron chi connectivity index (χ2n) is 3.28. The molecule has 0 saturated heterocycles. The molecular weight excluding hydrogens is 176 g/mol. The van der Waals surface area contributed by atoms with Gasteiger partial charge in [0.05, 0.1) is 6.26 Å². The van der Waals surface area contributed by atoms with E-state index in [2.05, 4.69) is 6.58 Å². The predicted octanol–water partition coefficient (Wildman–Crippen LogP) is 2.54. The lowest BCUT2D eigenvalue weighted by atomic mass is 10.0. The molecule has 1 aromatic rings. The third-order valence-electron chi connectivity index (χ3n) is 2.32. The first-order chi connectivity index (χ1) is 6.79. The normalized spacial score (nSPS) is 16.8. The van der Waals surface area contributed by atoms with Crippen molar-refractivity contribution in [1.29, 1.82) is 0 Å². The third kappa shape index (κ3) is 1.56. The Labute approximate surface area is 82.9 Å². The minimum absolute atomic E-state index is 0.616. The fraction of sp³-hybridized carbons (Fsp3) is 0.167. The van der Waals surface area contributed by atoms with Crippen LogP contribution in [-0.4, -0.2) is 11.2 Å². The fourth-order valence-corrected chi connectivity index (χ4v) is 1.49. The molecule has 1 aliphatic rings. The van der Waals surface area contributed by atoms with Gasteiger partial charge in [-0.25, -0.2) is 0 Å². The second-order valence-corrected chi connectivity index (χ2v) is 3.28. The van der Waals surface area contributed by atoms with Gasteiger partial charge in [-0.05, 0) is 24.1 Å². The third-order valence-corrected chi connectivity index (χ3v) is 2.32. The van der Waals surface area contributed by atoms with Crippen molar-refractivity contribution in [1.82, 2.24) is 0 Å². The van der Waals surface area contributed by atoms with Gasteiger partial charge in [-0.3, -0.25) is 0 Å². The molecule has 0 spiro atoms. The maximum absolute atomic E-state index is 9.92. The SMILES string of the molecule is C=C(c1ccco1)C(O)C1=CC=CC1. The van der Waals surface area contributed by atoms with Crippen LogP contribution in [0.3, 0.4) is 0 Å². The molecule has 0 saturated carbocycles. The first-order valence-corrected chi connectivity index (χ1v) is 4.55. The lowest BCUT2D eigenvalue weighted by Gasteiger charge is -2.12. The largest absolute Gasteiger partial charge is 0.465 e. The van der Waals surface area contributed by atoms with E-state index in [9.17, 15) is 5.11 Å². The quantitative estimate of drug-likeness (QED) is 0.790. The van der Waals surface area contributed by atoms with Crippen molar-refractivity contribution in [3.05, 3.63) is 54.5 Å². The standard InChI is InChI=1S/C12H12O2/c1-9(11-7-4-8-14-11)12(13)10-5-2-3-6-10/h2-5,7-8,12-13H,1,6H2. The second kappa shape index (κ2) is 3.68. The molecule has 2 nitrogen and oxygen atoms in total. The number of hydrogen-bond donors (Lipinski definition) is 1. The van der Waals surface area contributed by atoms with E-state index in [-0.39, 0.29) is 0 Å². The molecule has 0 aliphatic heterocycles. The first kappa shape index (κ1) is 9.03. The topological polar surface area (TPSA) is 33.4 Å². The Balaban J connectivity index is 2.13. The summed E-state index contributed by atoms with van der Waals surface area (Å²) in [6.07, 6.45) is 7.60. The van der Waals surface area contributed by atoms with Gasteiger partial charge in [-0.15, -0.1) is 0 Å². The van der Waals surface area contributed by atoms with Gasteiger partial charge < -0.3 is 9.52 Å². The summed E-state index contributed by atoms with van der Waals surface area (Å²) in [4.78, 5) is 0. The molecule has 0 bridgehead atoms. The Morgan fingerprint density at radius 3 is 3.00 bits per heavy atom. The van der Waals surface area contributed by atoms with E-state index in [1.54, 1.807) is 18.4 Å². The highest BCUT2D eigenvalue weighted by molar-refractivity contribution is 5.66. The minimum atomic E-state index is -0.629. The number of furan rings is 1. The van der Waals surface area contributed by atoms with Gasteiger partial charge in [0.1, 0.15) is 11.9 Å². The van der Waals surface area contributed by atoms with Crippen molar-refractivity contribution in [2.24, 2.45) is 0 Å². The van der Waals surface area contributed by atoms with Crippen LogP contribution in [0.2, 0.25) is 0 Å². The molecule has 1 atom stereocenters. The van der Waals surface area contributed by atoms with Crippen LogP contribution in [-0.2, 0) is 0 Å². The molecule has 1 heterocycles. The summed E-state index contributed by atoms with van der Waals surface area (Å²) < 4.78 is 5.17. The van der Waals surface area contributed by atoms with E-state index in [0.29, 0.717) is 11.3 Å². The number of rotatable bonds is 3. The predicted molar refractivity (Wildman–Crippen MR) is 55.6 cm³/mol. The van der Waals surface area contributed by atoms with Crippen LogP contribution < -0.4 is 0 Å². The van der Waals surface area contributed by atoms with Crippen LogP contribution in [0.1, 0.15) is 12.2 Å². The molecule has 1 unspecified atom stereocenters. The number of allylic oxidation sites excluding steroid dienone is 3. The van der Waals surface area contributed by atoms with E-state index in [1.807, 2.05) is 18.2 Å². The van der Waals surface area contributed by atoms with Crippen molar-refractivity contribution in [3.63, 3.8) is 0 Å². The van der Waals surface area contributed by atoms with Crippen molar-refractivity contribution in [2.45, 2.75) is 12.5 Å². The van der Waals surface area contributed by atoms with Crippen LogP contribution in [0.15, 0.2) is 53.2 Å². The first-order valence-electron chi connectivity index (χ1n) is 4.55. The zero-order valence-electron chi connectivity index (χ0n) is 7.81. The van der Waals surface area contributed by atoms with E-state index < -0.39 is 6.10 Å². The average molecular weight is 188 g/mol. The molecule has 1 aromatic heterocycles. The summed E-state index contributed by atoms with van der Waals surface area (Å²) in [5.74, 6) is 0.644. The molecule has 0 amide bonds. The fourth-order valence-electron chi connectivity index (χ4n) is 1.49. The summed E-state index contributed by atoms with van der Waals surface area (Å²) in [6, 6.07) is 3.59. The van der Waals surface area contributed by atoms with Gasteiger partial charge >= 0.3 is 0 Å². The van der Waals surface area contributed by atoms with Crippen molar-refractivity contribution >= 4 is 5.57 Å². The zero-order chi connectivity index (χ0) is 9.97. The smallest absolute Gasteiger partial charge is 0.132 e. The van der Waals surface area contributed by atoms with Crippen LogP contribution in [0.4, 0.5) is 0 Å². The summed E-state index contributed by atoms with van der Waals surface area (Å²) in [5, 5.41) is 9.92. The van der Waals surface area contributed by atoms with Gasteiger partial charge in [-0.2, -0.15) is 0 Å². The Hall–Kier alpha value is -1.54. The van der Waals surface area contributed by atoms with Crippen LogP contribution in [0, 0.1) is 0 Å². The van der Waals surface area contributed by atoms with Crippen molar-refractivity contribution in [3.8, 4) is 0 Å². The average Bonchev–Trinajstić information content (AvgIpc) is 2.87. The zero-order valence-corrected chi connectivity index (χ0v) is 7.81. The molecule has 2 rings (SSSR count). The summed E-state index contributed by atoms with van der Waals surface area (Å²) in [7, 11) is 0. The van der Waals surface area contributed by atoms with Crippen molar-refractivity contribution < 1.29 is 9.52 Å². The van der Waals surface area contributed by atoms with Gasteiger partial charge in [0.2, 0.25) is 0 Å². The highest BCUT2D eigenvalue weighted by Gasteiger charge is 2.17. The summed E-state index contributed by atoms with van der Waals surface area (Å²) >= 11 is 0. The highest BCUT2D eigenvalue weighted by Crippen LogP contribution is 2.25. The van der Waals surface area contributed by atoms with Gasteiger partial charge in [0, 0.05) is 5.57 Å². The monoisotopic (exact) mass is 188 g/mol. The maximum atomic E-state index is 9.92. The van der Waals surface area contributed by atoms with Crippen LogP contribution in [0.25, 0.3) is 5.57 Å².